The molecular weight excluding hydrogens is 298 g/mol. The van der Waals surface area contributed by atoms with Crippen LogP contribution in [0, 0.1) is 24.7 Å². The highest BCUT2D eigenvalue weighted by atomic mass is 16.1. The zero-order valence-corrected chi connectivity index (χ0v) is 15.2. The molecule has 1 amide bonds. The van der Waals surface area contributed by atoms with E-state index in [4.69, 9.17) is 5.73 Å². The van der Waals surface area contributed by atoms with Crippen LogP contribution in [-0.2, 0) is 11.3 Å². The smallest absolute Gasteiger partial charge is 0.227 e. The molecule has 1 aromatic rings. The highest BCUT2D eigenvalue weighted by molar-refractivity contribution is 5.93. The van der Waals surface area contributed by atoms with Crippen LogP contribution in [0.5, 0.6) is 0 Å². The van der Waals surface area contributed by atoms with Crippen LogP contribution in [0.1, 0.15) is 43.2 Å². The Labute approximate surface area is 145 Å². The number of carbonyl (C=O) groups excluding carboxylic acids is 1. The molecular formula is C20H31N3O. The average molecular weight is 329 g/mol. The molecule has 0 spiro atoms. The van der Waals surface area contributed by atoms with E-state index in [2.05, 4.69) is 49.4 Å². The van der Waals surface area contributed by atoms with Gasteiger partial charge in [-0.2, -0.15) is 0 Å². The number of hydrogen-bond acceptors (Lipinski definition) is 3. The van der Waals surface area contributed by atoms with Crippen molar-refractivity contribution < 1.29 is 4.79 Å². The second-order valence-electron chi connectivity index (χ2n) is 8.07. The first-order valence-electron chi connectivity index (χ1n) is 9.24. The number of nitrogens with two attached hydrogens (primary N) is 1. The third kappa shape index (κ3) is 3.81. The summed E-state index contributed by atoms with van der Waals surface area (Å²) in [7, 11) is 4.12. The molecule has 0 radical (unpaired) electrons. The molecule has 0 aromatic heterocycles. The maximum absolute atomic E-state index is 12.8. The molecule has 2 bridgehead atoms. The predicted molar refractivity (Wildman–Crippen MR) is 98.7 cm³/mol. The summed E-state index contributed by atoms with van der Waals surface area (Å²) in [6, 6.07) is 6.66. The predicted octanol–water partition coefficient (Wildman–Crippen LogP) is 3.15. The third-order valence-corrected chi connectivity index (χ3v) is 5.84. The number of carbonyl (C=O) groups is 1. The van der Waals surface area contributed by atoms with Gasteiger partial charge in [-0.25, -0.2) is 0 Å². The molecule has 1 aromatic carbocycles. The minimum absolute atomic E-state index is 0.122. The van der Waals surface area contributed by atoms with Crippen LogP contribution < -0.4 is 11.1 Å². The van der Waals surface area contributed by atoms with E-state index in [1.54, 1.807) is 0 Å². The van der Waals surface area contributed by atoms with Gasteiger partial charge in [0.1, 0.15) is 0 Å². The quantitative estimate of drug-likeness (QED) is 0.892. The second kappa shape index (κ2) is 7.24. The van der Waals surface area contributed by atoms with Gasteiger partial charge in [-0.1, -0.05) is 18.6 Å². The van der Waals surface area contributed by atoms with Gasteiger partial charge in [0.05, 0.1) is 0 Å². The molecule has 24 heavy (non-hydrogen) atoms. The minimum atomic E-state index is 0.122. The molecule has 3 rings (SSSR count). The molecule has 2 unspecified atom stereocenters. The Morgan fingerprint density at radius 3 is 2.54 bits per heavy atom. The van der Waals surface area contributed by atoms with Crippen molar-refractivity contribution >= 4 is 11.6 Å². The van der Waals surface area contributed by atoms with Crippen molar-refractivity contribution in [3.63, 3.8) is 0 Å². The number of nitrogens with zero attached hydrogens (tertiary/aromatic N) is 1. The van der Waals surface area contributed by atoms with Crippen LogP contribution in [-0.4, -0.2) is 30.9 Å². The van der Waals surface area contributed by atoms with Crippen LogP contribution in [0.4, 0.5) is 5.69 Å². The SMILES string of the molecule is Cc1ccc(CN(C)C)cc1NC(=O)C1CC2CCCC(C1)C2N. The van der Waals surface area contributed by atoms with Gasteiger partial charge >= 0.3 is 0 Å². The maximum atomic E-state index is 12.8. The normalized spacial score (nSPS) is 29.5. The van der Waals surface area contributed by atoms with Crippen LogP contribution in [0.2, 0.25) is 0 Å². The van der Waals surface area contributed by atoms with E-state index in [1.165, 1.54) is 24.8 Å². The molecule has 132 valence electrons. The third-order valence-electron chi connectivity index (χ3n) is 5.84. The number of aryl methyl sites for hydroxylation is 1. The van der Waals surface area contributed by atoms with Crippen LogP contribution in [0.15, 0.2) is 18.2 Å². The fraction of sp³-hybridized carbons (Fsp3) is 0.650. The van der Waals surface area contributed by atoms with E-state index in [0.717, 1.165) is 30.6 Å². The molecule has 3 N–H and O–H groups in total. The minimum Gasteiger partial charge on any atom is -0.327 e. The van der Waals surface area contributed by atoms with Gasteiger partial charge in [0.2, 0.25) is 5.91 Å². The van der Waals surface area contributed by atoms with Gasteiger partial charge in [-0.15, -0.1) is 0 Å². The van der Waals surface area contributed by atoms with Crippen molar-refractivity contribution in [2.75, 3.05) is 19.4 Å². The zero-order chi connectivity index (χ0) is 17.3. The van der Waals surface area contributed by atoms with Crippen molar-refractivity contribution in [3.8, 4) is 0 Å². The number of amides is 1. The Morgan fingerprint density at radius 2 is 1.92 bits per heavy atom. The number of benzene rings is 1. The number of anilines is 1. The Hall–Kier alpha value is -1.39. The van der Waals surface area contributed by atoms with Crippen molar-refractivity contribution in [1.29, 1.82) is 0 Å². The lowest BCUT2D eigenvalue weighted by Gasteiger charge is -2.43. The number of rotatable bonds is 4. The van der Waals surface area contributed by atoms with E-state index in [0.29, 0.717) is 17.9 Å². The van der Waals surface area contributed by atoms with Crippen LogP contribution in [0.3, 0.4) is 0 Å². The first kappa shape index (κ1) is 17.4. The number of fused-ring (bicyclic) bond motifs is 2. The molecule has 4 nitrogen and oxygen atoms in total. The number of hydrogen-bond donors (Lipinski definition) is 2. The van der Waals surface area contributed by atoms with Gasteiger partial charge in [0.15, 0.2) is 0 Å². The second-order valence-corrected chi connectivity index (χ2v) is 8.07. The fourth-order valence-electron chi connectivity index (χ4n) is 4.51. The maximum Gasteiger partial charge on any atom is 0.227 e. The first-order valence-corrected chi connectivity index (χ1v) is 9.24. The highest BCUT2D eigenvalue weighted by Gasteiger charge is 2.40. The monoisotopic (exact) mass is 329 g/mol. The summed E-state index contributed by atoms with van der Waals surface area (Å²) >= 11 is 0. The molecule has 0 heterocycles. The van der Waals surface area contributed by atoms with Crippen molar-refractivity contribution in [2.24, 2.45) is 23.5 Å². The summed E-state index contributed by atoms with van der Waals surface area (Å²) in [4.78, 5) is 15.0. The topological polar surface area (TPSA) is 58.4 Å². The van der Waals surface area contributed by atoms with E-state index < -0.39 is 0 Å². The van der Waals surface area contributed by atoms with E-state index in [1.807, 2.05) is 0 Å². The highest BCUT2D eigenvalue weighted by Crippen LogP contribution is 2.42. The van der Waals surface area contributed by atoms with E-state index >= 15 is 0 Å². The van der Waals surface area contributed by atoms with Gasteiger partial charge in [0, 0.05) is 24.2 Å². The molecule has 0 saturated heterocycles. The summed E-state index contributed by atoms with van der Waals surface area (Å²) in [5.74, 6) is 1.38. The summed E-state index contributed by atoms with van der Waals surface area (Å²) in [5, 5.41) is 3.20. The summed E-state index contributed by atoms with van der Waals surface area (Å²) < 4.78 is 0. The Morgan fingerprint density at radius 1 is 1.25 bits per heavy atom. The molecule has 2 atom stereocenters. The average Bonchev–Trinajstić information content (AvgIpc) is 2.49. The molecule has 4 heteroatoms. The van der Waals surface area contributed by atoms with Gasteiger partial charge < -0.3 is 16.0 Å². The molecule has 2 saturated carbocycles. The molecule has 2 fully saturated rings. The molecule has 0 aliphatic heterocycles. The Balaban J connectivity index is 1.68. The van der Waals surface area contributed by atoms with Crippen molar-refractivity contribution in [3.05, 3.63) is 29.3 Å². The van der Waals surface area contributed by atoms with Crippen LogP contribution in [0.25, 0.3) is 0 Å². The Bertz CT molecular complexity index is 585. The lowest BCUT2D eigenvalue weighted by atomic mass is 9.65. The first-order chi connectivity index (χ1) is 11.4. The molecule has 2 aliphatic carbocycles. The van der Waals surface area contributed by atoms with Gasteiger partial charge in [0.25, 0.3) is 0 Å². The van der Waals surface area contributed by atoms with Gasteiger partial charge in [-0.3, -0.25) is 4.79 Å². The number of nitrogens with one attached hydrogen (secondary N) is 1. The lowest BCUT2D eigenvalue weighted by molar-refractivity contribution is -0.122. The Kier molecular flexibility index (Phi) is 5.26. The zero-order valence-electron chi connectivity index (χ0n) is 15.2. The van der Waals surface area contributed by atoms with Crippen LogP contribution >= 0.6 is 0 Å². The standard InChI is InChI=1S/C20H31N3O/c1-13-7-8-14(12-23(2)3)9-18(13)22-20(24)17-10-15-5-4-6-16(11-17)19(15)21/h7-9,15-17,19H,4-6,10-12,21H2,1-3H3,(H,22,24). The largest absolute Gasteiger partial charge is 0.327 e. The van der Waals surface area contributed by atoms with Crippen molar-refractivity contribution in [2.45, 2.75) is 51.6 Å². The van der Waals surface area contributed by atoms with E-state index in [-0.39, 0.29) is 11.8 Å². The van der Waals surface area contributed by atoms with Gasteiger partial charge in [-0.05, 0) is 75.7 Å². The van der Waals surface area contributed by atoms with E-state index in [9.17, 15) is 4.79 Å². The fourth-order valence-corrected chi connectivity index (χ4v) is 4.51. The lowest BCUT2D eigenvalue weighted by Crippen LogP contribution is -2.48. The summed E-state index contributed by atoms with van der Waals surface area (Å²) in [6.07, 6.45) is 5.58. The summed E-state index contributed by atoms with van der Waals surface area (Å²) in [6.45, 7) is 2.94. The molecule has 2 aliphatic rings. The summed E-state index contributed by atoms with van der Waals surface area (Å²) in [5.41, 5.74) is 9.66. The van der Waals surface area contributed by atoms with Crippen molar-refractivity contribution in [1.82, 2.24) is 4.90 Å².